The number of aryl methyl sites for hydroxylation is 1. The largest absolute Gasteiger partial charge is 0.360 e. The average Bonchev–Trinajstić information content (AvgIpc) is 3.03. The number of nitrogens with zero attached hydrogens (tertiary/aromatic N) is 2. The number of rotatable bonds is 5. The van der Waals surface area contributed by atoms with E-state index in [2.05, 4.69) is 21.7 Å². The average molecular weight is 357 g/mol. The molecule has 3 aromatic rings. The predicted octanol–water partition coefficient (Wildman–Crippen LogP) is 4.22. The van der Waals surface area contributed by atoms with Crippen molar-refractivity contribution < 1.29 is 4.21 Å². The Labute approximate surface area is 140 Å². The molecule has 0 saturated heterocycles. The van der Waals surface area contributed by atoms with Crippen LogP contribution in [0.15, 0.2) is 35.5 Å². The molecule has 3 rings (SSSR count). The minimum atomic E-state index is -1.45. The lowest BCUT2D eigenvalue weighted by molar-refractivity contribution is 0.603. The number of aromatic nitrogens is 3. The molecule has 2 heterocycles. The lowest BCUT2D eigenvalue weighted by atomic mass is 10.2. The highest BCUT2D eigenvalue weighted by atomic mass is 35.5. The van der Waals surface area contributed by atoms with Crippen molar-refractivity contribution in [2.45, 2.75) is 24.8 Å². The third-order valence-corrected chi connectivity index (χ3v) is 4.83. The van der Waals surface area contributed by atoms with Crippen LogP contribution in [0.2, 0.25) is 10.2 Å². The van der Waals surface area contributed by atoms with Gasteiger partial charge in [0.15, 0.2) is 16.1 Å². The third-order valence-electron chi connectivity index (χ3n) is 3.18. The first-order chi connectivity index (χ1) is 10.6. The SMILES string of the molecule is CCCn1cc(NS(=O)c2c[nH]c3cc(Cl)ccc23)c(Cl)n1. The minimum absolute atomic E-state index is 0.310. The first-order valence-corrected chi connectivity index (χ1v) is 8.67. The van der Waals surface area contributed by atoms with Crippen LogP contribution in [0.25, 0.3) is 10.9 Å². The van der Waals surface area contributed by atoms with Crippen LogP contribution < -0.4 is 4.72 Å². The van der Waals surface area contributed by atoms with E-state index in [1.165, 1.54) is 0 Å². The molecule has 1 aromatic carbocycles. The van der Waals surface area contributed by atoms with Crippen molar-refractivity contribution in [2.75, 3.05) is 4.72 Å². The Balaban J connectivity index is 1.87. The summed E-state index contributed by atoms with van der Waals surface area (Å²) < 4.78 is 17.2. The number of aromatic amines is 1. The first kappa shape index (κ1) is 15.4. The standard InChI is InChI=1S/C14H14Cl2N4OS/c1-2-5-20-8-12(14(16)18-20)19-22(21)13-7-17-11-6-9(15)3-4-10(11)13/h3-4,6-8,17,19H,2,5H2,1H3. The molecule has 2 N–H and O–H groups in total. The van der Waals surface area contributed by atoms with Gasteiger partial charge in [-0.1, -0.05) is 36.2 Å². The normalized spacial score (nSPS) is 12.7. The van der Waals surface area contributed by atoms with Gasteiger partial charge in [0, 0.05) is 28.7 Å². The van der Waals surface area contributed by atoms with Gasteiger partial charge in [0.1, 0.15) is 5.69 Å². The van der Waals surface area contributed by atoms with Crippen molar-refractivity contribution in [3.8, 4) is 0 Å². The van der Waals surface area contributed by atoms with E-state index in [0.717, 1.165) is 23.9 Å². The van der Waals surface area contributed by atoms with E-state index in [0.29, 0.717) is 20.8 Å². The summed E-state index contributed by atoms with van der Waals surface area (Å²) in [5.41, 5.74) is 1.39. The van der Waals surface area contributed by atoms with Crippen LogP contribution in [0.1, 0.15) is 13.3 Å². The molecule has 2 aromatic heterocycles. The van der Waals surface area contributed by atoms with E-state index in [9.17, 15) is 4.21 Å². The summed E-state index contributed by atoms with van der Waals surface area (Å²) in [5, 5.41) is 5.96. The predicted molar refractivity (Wildman–Crippen MR) is 90.9 cm³/mol. The monoisotopic (exact) mass is 356 g/mol. The van der Waals surface area contributed by atoms with Gasteiger partial charge in [-0.3, -0.25) is 9.40 Å². The highest BCUT2D eigenvalue weighted by molar-refractivity contribution is 7.86. The molecule has 1 atom stereocenters. The fourth-order valence-corrected chi connectivity index (χ4v) is 3.61. The maximum absolute atomic E-state index is 12.5. The smallest absolute Gasteiger partial charge is 0.175 e. The molecule has 0 aliphatic heterocycles. The Morgan fingerprint density at radius 3 is 3.00 bits per heavy atom. The second-order valence-corrected chi connectivity index (χ2v) is 6.79. The van der Waals surface area contributed by atoms with Crippen LogP contribution in [-0.2, 0) is 17.5 Å². The zero-order chi connectivity index (χ0) is 15.7. The number of anilines is 1. The Morgan fingerprint density at radius 2 is 2.23 bits per heavy atom. The number of H-pyrrole nitrogens is 1. The van der Waals surface area contributed by atoms with Crippen LogP contribution in [-0.4, -0.2) is 19.0 Å². The Kier molecular flexibility index (Phi) is 4.42. The van der Waals surface area contributed by atoms with E-state index in [-0.39, 0.29) is 0 Å². The summed E-state index contributed by atoms with van der Waals surface area (Å²) in [7, 11) is -1.45. The Bertz CT molecular complexity index is 843. The van der Waals surface area contributed by atoms with E-state index in [1.807, 2.05) is 6.07 Å². The molecule has 0 spiro atoms. The summed E-state index contributed by atoms with van der Waals surface area (Å²) in [4.78, 5) is 3.71. The van der Waals surface area contributed by atoms with Crippen LogP contribution in [0, 0.1) is 0 Å². The summed E-state index contributed by atoms with van der Waals surface area (Å²) in [6.07, 6.45) is 4.41. The molecular weight excluding hydrogens is 343 g/mol. The highest BCUT2D eigenvalue weighted by Gasteiger charge is 2.14. The highest BCUT2D eigenvalue weighted by Crippen LogP contribution is 2.27. The van der Waals surface area contributed by atoms with Crippen LogP contribution in [0.4, 0.5) is 5.69 Å². The Hall–Kier alpha value is -1.50. The third kappa shape index (κ3) is 2.99. The maximum atomic E-state index is 12.5. The van der Waals surface area contributed by atoms with Crippen molar-refractivity contribution in [3.63, 3.8) is 0 Å². The number of nitrogens with one attached hydrogen (secondary N) is 2. The van der Waals surface area contributed by atoms with Crippen molar-refractivity contribution in [1.29, 1.82) is 0 Å². The topological polar surface area (TPSA) is 62.7 Å². The zero-order valence-corrected chi connectivity index (χ0v) is 14.1. The molecule has 0 bridgehead atoms. The number of fused-ring (bicyclic) bond motifs is 1. The van der Waals surface area contributed by atoms with E-state index >= 15 is 0 Å². The quantitative estimate of drug-likeness (QED) is 0.718. The van der Waals surface area contributed by atoms with Gasteiger partial charge in [-0.2, -0.15) is 5.10 Å². The molecule has 1 unspecified atom stereocenters. The first-order valence-electron chi connectivity index (χ1n) is 6.76. The van der Waals surface area contributed by atoms with Crippen molar-refractivity contribution in [1.82, 2.24) is 14.8 Å². The van der Waals surface area contributed by atoms with E-state index in [4.69, 9.17) is 23.2 Å². The molecule has 0 aliphatic carbocycles. The molecule has 8 heteroatoms. The number of benzene rings is 1. The fourth-order valence-electron chi connectivity index (χ4n) is 2.19. The van der Waals surface area contributed by atoms with E-state index < -0.39 is 11.0 Å². The van der Waals surface area contributed by atoms with E-state index in [1.54, 1.807) is 29.2 Å². The van der Waals surface area contributed by atoms with Crippen molar-refractivity contribution in [3.05, 3.63) is 40.8 Å². The second kappa shape index (κ2) is 6.32. The van der Waals surface area contributed by atoms with Crippen molar-refractivity contribution >= 4 is 50.8 Å². The van der Waals surface area contributed by atoms with Gasteiger partial charge in [0.2, 0.25) is 0 Å². The molecule has 0 amide bonds. The van der Waals surface area contributed by atoms with Crippen LogP contribution in [0.3, 0.4) is 0 Å². The van der Waals surface area contributed by atoms with Crippen LogP contribution in [0.5, 0.6) is 0 Å². The molecular formula is C14H14Cl2N4OS. The fraction of sp³-hybridized carbons (Fsp3) is 0.214. The van der Waals surface area contributed by atoms with Crippen molar-refractivity contribution in [2.24, 2.45) is 0 Å². The summed E-state index contributed by atoms with van der Waals surface area (Å²) in [6.45, 7) is 2.82. The summed E-state index contributed by atoms with van der Waals surface area (Å²) in [6, 6.07) is 5.40. The number of halogens is 2. The molecule has 0 radical (unpaired) electrons. The second-order valence-electron chi connectivity index (χ2n) is 4.81. The van der Waals surface area contributed by atoms with Gasteiger partial charge in [0.25, 0.3) is 0 Å². The van der Waals surface area contributed by atoms with Gasteiger partial charge in [0.05, 0.1) is 11.1 Å². The number of hydrogen-bond acceptors (Lipinski definition) is 2. The van der Waals surface area contributed by atoms with Gasteiger partial charge < -0.3 is 4.98 Å². The van der Waals surface area contributed by atoms with Gasteiger partial charge in [-0.25, -0.2) is 4.21 Å². The Morgan fingerprint density at radius 1 is 1.41 bits per heavy atom. The summed E-state index contributed by atoms with van der Waals surface area (Å²) >= 11 is 12.0. The summed E-state index contributed by atoms with van der Waals surface area (Å²) in [5.74, 6) is 0. The zero-order valence-electron chi connectivity index (χ0n) is 11.8. The number of hydrogen-bond donors (Lipinski definition) is 2. The van der Waals surface area contributed by atoms with Gasteiger partial charge >= 0.3 is 0 Å². The molecule has 5 nitrogen and oxygen atoms in total. The molecule has 22 heavy (non-hydrogen) atoms. The lowest BCUT2D eigenvalue weighted by Crippen LogP contribution is -2.04. The van der Waals surface area contributed by atoms with Gasteiger partial charge in [-0.05, 0) is 18.6 Å². The molecule has 0 aliphatic rings. The van der Waals surface area contributed by atoms with Gasteiger partial charge in [-0.15, -0.1) is 0 Å². The maximum Gasteiger partial charge on any atom is 0.175 e. The minimum Gasteiger partial charge on any atom is -0.360 e. The lowest BCUT2D eigenvalue weighted by Gasteiger charge is -2.03. The molecule has 0 fully saturated rings. The van der Waals surface area contributed by atoms with Crippen LogP contribution >= 0.6 is 23.2 Å². The molecule has 116 valence electrons. The molecule has 0 saturated carbocycles.